The summed E-state index contributed by atoms with van der Waals surface area (Å²) < 4.78 is 7.83. The molecule has 1 amide bonds. The molecule has 3 N–H and O–H groups in total. The Balaban J connectivity index is 1.70. The van der Waals surface area contributed by atoms with Gasteiger partial charge in [0.05, 0.1) is 5.56 Å². The molecule has 0 spiro atoms. The fourth-order valence-corrected chi connectivity index (χ4v) is 3.21. The predicted molar refractivity (Wildman–Crippen MR) is 113 cm³/mol. The van der Waals surface area contributed by atoms with Gasteiger partial charge in [-0.25, -0.2) is 9.78 Å². The highest BCUT2D eigenvalue weighted by atomic mass is 127. The monoisotopic (exact) mass is 490 g/mol. The van der Waals surface area contributed by atoms with Crippen molar-refractivity contribution in [3.8, 4) is 0 Å². The molecule has 1 heterocycles. The highest BCUT2D eigenvalue weighted by molar-refractivity contribution is 14.1. The van der Waals surface area contributed by atoms with Gasteiger partial charge in [-0.1, -0.05) is 30.3 Å². The maximum atomic E-state index is 12.5. The number of halogens is 1. The van der Waals surface area contributed by atoms with Gasteiger partial charge in [0.25, 0.3) is 5.91 Å². The van der Waals surface area contributed by atoms with Gasteiger partial charge in [-0.3, -0.25) is 4.79 Å². The Bertz CT molecular complexity index is 988. The number of carbonyl (C=O) groups excluding carboxylic acids is 2. The second-order valence-electron chi connectivity index (χ2n) is 6.12. The summed E-state index contributed by atoms with van der Waals surface area (Å²) in [5.74, 6) is -0.401. The number of benzene rings is 2. The van der Waals surface area contributed by atoms with E-state index in [4.69, 9.17) is 10.5 Å². The van der Waals surface area contributed by atoms with Crippen LogP contribution in [0, 0.1) is 3.57 Å². The normalized spacial score (nSPS) is 11.6. The molecule has 2 aromatic carbocycles. The molecule has 1 aromatic heterocycles. The van der Waals surface area contributed by atoms with Crippen LogP contribution >= 0.6 is 22.6 Å². The van der Waals surface area contributed by atoms with Crippen LogP contribution in [0.1, 0.15) is 27.8 Å². The maximum absolute atomic E-state index is 12.5. The van der Waals surface area contributed by atoms with E-state index in [0.29, 0.717) is 11.5 Å². The Morgan fingerprint density at radius 1 is 1.25 bits per heavy atom. The first kappa shape index (κ1) is 19.9. The second-order valence-corrected chi connectivity index (χ2v) is 7.36. The Morgan fingerprint density at radius 2 is 2.00 bits per heavy atom. The van der Waals surface area contributed by atoms with Gasteiger partial charge in [-0.05, 0) is 46.4 Å². The van der Waals surface area contributed by atoms with Gasteiger partial charge >= 0.3 is 5.97 Å². The molecule has 144 valence electrons. The summed E-state index contributed by atoms with van der Waals surface area (Å²) >= 11 is 2.08. The first-order valence-electron chi connectivity index (χ1n) is 8.49. The average molecular weight is 490 g/mol. The molecular weight excluding hydrogens is 471 g/mol. The Kier molecular flexibility index (Phi) is 6.30. The van der Waals surface area contributed by atoms with Gasteiger partial charge in [-0.15, -0.1) is 0 Å². The van der Waals surface area contributed by atoms with Crippen LogP contribution in [0.4, 0.5) is 5.69 Å². The number of nitrogens with zero attached hydrogens (tertiary/aromatic N) is 2. The fourth-order valence-electron chi connectivity index (χ4n) is 2.71. The topological polar surface area (TPSA) is 99.2 Å². The smallest absolute Gasteiger partial charge is 0.340 e. The van der Waals surface area contributed by atoms with Gasteiger partial charge in [0.2, 0.25) is 0 Å². The third-order valence-electron chi connectivity index (χ3n) is 4.12. The zero-order chi connectivity index (χ0) is 20.1. The number of imidazole rings is 1. The number of esters is 1. The van der Waals surface area contributed by atoms with E-state index >= 15 is 0 Å². The molecule has 0 aliphatic heterocycles. The Morgan fingerprint density at radius 3 is 2.68 bits per heavy atom. The van der Waals surface area contributed by atoms with E-state index in [0.717, 1.165) is 9.13 Å². The number of nitrogens with two attached hydrogens (primary N) is 1. The van der Waals surface area contributed by atoms with Gasteiger partial charge in [0.15, 0.2) is 6.61 Å². The van der Waals surface area contributed by atoms with Crippen molar-refractivity contribution in [2.45, 2.75) is 6.04 Å². The number of anilines is 1. The molecule has 0 fully saturated rings. The number of rotatable bonds is 6. The molecule has 3 aromatic rings. The third-order valence-corrected chi connectivity index (χ3v) is 4.80. The van der Waals surface area contributed by atoms with E-state index in [2.05, 4.69) is 32.9 Å². The number of nitrogen functional groups attached to an aromatic ring is 1. The van der Waals surface area contributed by atoms with Gasteiger partial charge in [0, 0.05) is 28.7 Å². The van der Waals surface area contributed by atoms with Crippen molar-refractivity contribution in [1.29, 1.82) is 0 Å². The molecule has 0 radical (unpaired) electrons. The summed E-state index contributed by atoms with van der Waals surface area (Å²) in [5, 5.41) is 2.88. The number of amides is 1. The predicted octanol–water partition coefficient (Wildman–Crippen LogP) is 2.67. The molecule has 8 heteroatoms. The first-order chi connectivity index (χ1) is 13.5. The van der Waals surface area contributed by atoms with Gasteiger partial charge in [0.1, 0.15) is 11.9 Å². The molecular formula is C20H19IN4O3. The zero-order valence-electron chi connectivity index (χ0n) is 15.1. The first-order valence-corrected chi connectivity index (χ1v) is 9.57. The lowest BCUT2D eigenvalue weighted by molar-refractivity contribution is -0.124. The van der Waals surface area contributed by atoms with Gasteiger partial charge in [-0.2, -0.15) is 0 Å². The molecule has 7 nitrogen and oxygen atoms in total. The second kappa shape index (κ2) is 8.87. The van der Waals surface area contributed by atoms with Crippen molar-refractivity contribution in [1.82, 2.24) is 14.9 Å². The highest BCUT2D eigenvalue weighted by Gasteiger charge is 2.21. The number of nitrogens with one attached hydrogen (secondary N) is 1. The number of hydrogen-bond donors (Lipinski definition) is 2. The van der Waals surface area contributed by atoms with Crippen molar-refractivity contribution < 1.29 is 14.3 Å². The van der Waals surface area contributed by atoms with Crippen LogP contribution in [0.5, 0.6) is 0 Å². The van der Waals surface area contributed by atoms with Crippen molar-refractivity contribution in [3.05, 3.63) is 81.4 Å². The van der Waals surface area contributed by atoms with Crippen molar-refractivity contribution >= 4 is 40.2 Å². The number of ether oxygens (including phenoxy) is 1. The van der Waals surface area contributed by atoms with E-state index < -0.39 is 24.5 Å². The zero-order valence-corrected chi connectivity index (χ0v) is 17.3. The Hall–Kier alpha value is -2.88. The molecule has 0 bridgehead atoms. The van der Waals surface area contributed by atoms with Crippen LogP contribution in [0.25, 0.3) is 0 Å². The minimum absolute atomic E-state index is 0.239. The highest BCUT2D eigenvalue weighted by Crippen LogP contribution is 2.20. The minimum Gasteiger partial charge on any atom is -0.452 e. The number of carbonyl (C=O) groups is 2. The average Bonchev–Trinajstić information content (AvgIpc) is 3.12. The summed E-state index contributed by atoms with van der Waals surface area (Å²) in [4.78, 5) is 29.1. The van der Waals surface area contributed by atoms with E-state index in [1.807, 2.05) is 41.9 Å². The number of hydrogen-bond acceptors (Lipinski definition) is 5. The quantitative estimate of drug-likeness (QED) is 0.315. The largest absolute Gasteiger partial charge is 0.452 e. The minimum atomic E-state index is -0.639. The van der Waals surface area contributed by atoms with Crippen LogP contribution in [-0.4, -0.2) is 28.0 Å². The van der Waals surface area contributed by atoms with E-state index in [-0.39, 0.29) is 5.56 Å². The maximum Gasteiger partial charge on any atom is 0.340 e. The summed E-state index contributed by atoms with van der Waals surface area (Å²) in [6, 6.07) is 14.0. The number of aromatic nitrogens is 2. The fraction of sp³-hybridized carbons (Fsp3) is 0.150. The standard InChI is InChI=1S/C20H19IN4O3/c1-25-10-9-23-19(25)18(13-5-3-2-4-6-13)24-17(26)12-28-20(27)15-11-14(21)7-8-16(15)22/h2-11,18H,12,22H2,1H3,(H,24,26)/t18-/m0/s1. The SMILES string of the molecule is Cn1ccnc1[C@@H](NC(=O)COC(=O)c1cc(I)ccc1N)c1ccccc1. The van der Waals surface area contributed by atoms with Gasteiger partial charge < -0.3 is 20.4 Å². The van der Waals surface area contributed by atoms with Crippen LogP contribution in [0.3, 0.4) is 0 Å². The summed E-state index contributed by atoms with van der Waals surface area (Å²) in [6.07, 6.45) is 3.47. The molecule has 0 aliphatic carbocycles. The molecule has 0 saturated heterocycles. The summed E-state index contributed by atoms with van der Waals surface area (Å²) in [6.45, 7) is -0.419. The van der Waals surface area contributed by atoms with Crippen LogP contribution in [-0.2, 0) is 16.6 Å². The Labute approximate surface area is 176 Å². The molecule has 28 heavy (non-hydrogen) atoms. The molecule has 1 atom stereocenters. The van der Waals surface area contributed by atoms with Crippen LogP contribution in [0.2, 0.25) is 0 Å². The van der Waals surface area contributed by atoms with Crippen molar-refractivity contribution in [2.75, 3.05) is 12.3 Å². The lowest BCUT2D eigenvalue weighted by Crippen LogP contribution is -2.34. The molecule has 3 rings (SSSR count). The van der Waals surface area contributed by atoms with E-state index in [1.165, 1.54) is 0 Å². The summed E-state index contributed by atoms with van der Waals surface area (Å²) in [7, 11) is 1.85. The van der Waals surface area contributed by atoms with E-state index in [9.17, 15) is 9.59 Å². The molecule has 0 unspecified atom stereocenters. The van der Waals surface area contributed by atoms with Crippen molar-refractivity contribution in [2.24, 2.45) is 7.05 Å². The lowest BCUT2D eigenvalue weighted by atomic mass is 10.1. The summed E-state index contributed by atoms with van der Waals surface area (Å²) in [5.41, 5.74) is 7.24. The van der Waals surface area contributed by atoms with Crippen molar-refractivity contribution in [3.63, 3.8) is 0 Å². The lowest BCUT2D eigenvalue weighted by Gasteiger charge is -2.19. The molecule has 0 aliphatic rings. The van der Waals surface area contributed by atoms with Crippen LogP contribution < -0.4 is 11.1 Å². The third kappa shape index (κ3) is 4.69. The molecule has 0 saturated carbocycles. The van der Waals surface area contributed by atoms with Crippen LogP contribution in [0.15, 0.2) is 60.9 Å². The van der Waals surface area contributed by atoms with E-state index in [1.54, 1.807) is 30.6 Å². The number of aryl methyl sites for hydroxylation is 1.